The molecule has 1 saturated heterocycles. The molecule has 1 heterocycles. The van der Waals surface area contributed by atoms with Gasteiger partial charge in [0.15, 0.2) is 0 Å². The van der Waals surface area contributed by atoms with Crippen molar-refractivity contribution < 1.29 is 22.7 Å². The molecule has 1 aliphatic rings. The lowest BCUT2D eigenvalue weighted by Crippen LogP contribution is -2.43. The summed E-state index contributed by atoms with van der Waals surface area (Å²) in [5.74, 6) is 0.646. The monoisotopic (exact) mass is 446 g/mol. The van der Waals surface area contributed by atoms with Gasteiger partial charge < -0.3 is 14.4 Å². The molecular weight excluding hydrogens is 416 g/mol. The number of amides is 1. The first-order valence-electron chi connectivity index (χ1n) is 10.5. The highest BCUT2D eigenvalue weighted by atomic mass is 32.2. The van der Waals surface area contributed by atoms with E-state index in [1.165, 1.54) is 7.11 Å². The number of methoxy groups -OCH3 is 2. The number of rotatable bonds is 7. The molecule has 0 atom stereocenters. The molecule has 0 radical (unpaired) electrons. The summed E-state index contributed by atoms with van der Waals surface area (Å²) in [5, 5.41) is 0. The first-order chi connectivity index (χ1) is 14.9. The van der Waals surface area contributed by atoms with Crippen LogP contribution in [-0.4, -0.2) is 53.1 Å². The predicted octanol–water partition coefficient (Wildman–Crippen LogP) is 3.61. The van der Waals surface area contributed by atoms with Crippen molar-refractivity contribution >= 4 is 21.6 Å². The SMILES string of the molecule is COc1ccc(N(CC(=O)N2CCCCCC2)S(=O)(=O)c2cc(C)ccc2OC)cc1. The van der Waals surface area contributed by atoms with E-state index in [1.54, 1.807) is 54.5 Å². The number of likely N-dealkylation sites (tertiary alicyclic amines) is 1. The molecule has 0 unspecified atom stereocenters. The summed E-state index contributed by atoms with van der Waals surface area (Å²) in [6.45, 7) is 2.86. The third-order valence-electron chi connectivity index (χ3n) is 5.49. The number of hydrogen-bond donors (Lipinski definition) is 0. The summed E-state index contributed by atoms with van der Waals surface area (Å²) in [6, 6.07) is 11.6. The first-order valence-corrected chi connectivity index (χ1v) is 11.9. The Morgan fingerprint density at radius 3 is 2.19 bits per heavy atom. The highest BCUT2D eigenvalue weighted by Crippen LogP contribution is 2.31. The molecule has 0 N–H and O–H groups in total. The average molecular weight is 447 g/mol. The van der Waals surface area contributed by atoms with Gasteiger partial charge in [-0.1, -0.05) is 18.9 Å². The molecule has 0 spiro atoms. The Kier molecular flexibility index (Phi) is 7.43. The van der Waals surface area contributed by atoms with Crippen LogP contribution in [0.15, 0.2) is 47.4 Å². The van der Waals surface area contributed by atoms with Crippen molar-refractivity contribution in [2.24, 2.45) is 0 Å². The lowest BCUT2D eigenvalue weighted by molar-refractivity contribution is -0.129. The molecular formula is C23H30N2O5S. The molecule has 31 heavy (non-hydrogen) atoms. The van der Waals surface area contributed by atoms with Crippen molar-refractivity contribution in [2.45, 2.75) is 37.5 Å². The van der Waals surface area contributed by atoms with Crippen LogP contribution in [0.25, 0.3) is 0 Å². The maximum atomic E-state index is 13.7. The van der Waals surface area contributed by atoms with E-state index in [9.17, 15) is 13.2 Å². The zero-order valence-corrected chi connectivity index (χ0v) is 19.2. The minimum absolute atomic E-state index is 0.0366. The van der Waals surface area contributed by atoms with Crippen molar-refractivity contribution in [2.75, 3.05) is 38.2 Å². The van der Waals surface area contributed by atoms with Crippen LogP contribution in [0.1, 0.15) is 31.2 Å². The van der Waals surface area contributed by atoms with Crippen molar-refractivity contribution in [3.63, 3.8) is 0 Å². The topological polar surface area (TPSA) is 76.2 Å². The lowest BCUT2D eigenvalue weighted by atomic mass is 10.2. The molecule has 168 valence electrons. The molecule has 2 aromatic carbocycles. The Morgan fingerprint density at radius 2 is 1.61 bits per heavy atom. The summed E-state index contributed by atoms with van der Waals surface area (Å²) in [6.07, 6.45) is 4.05. The van der Waals surface area contributed by atoms with Crippen molar-refractivity contribution in [1.82, 2.24) is 4.90 Å². The van der Waals surface area contributed by atoms with Gasteiger partial charge in [0.2, 0.25) is 5.91 Å². The van der Waals surface area contributed by atoms with E-state index in [-0.39, 0.29) is 23.1 Å². The van der Waals surface area contributed by atoms with E-state index in [4.69, 9.17) is 9.47 Å². The Bertz CT molecular complexity index is 997. The molecule has 0 bridgehead atoms. The molecule has 2 aromatic rings. The third kappa shape index (κ3) is 5.31. The summed E-state index contributed by atoms with van der Waals surface area (Å²) in [5.41, 5.74) is 1.18. The van der Waals surface area contributed by atoms with Gasteiger partial charge in [-0.25, -0.2) is 8.42 Å². The van der Waals surface area contributed by atoms with E-state index >= 15 is 0 Å². The molecule has 1 aliphatic heterocycles. The van der Waals surface area contributed by atoms with Gasteiger partial charge in [-0.05, 0) is 61.7 Å². The molecule has 7 nitrogen and oxygen atoms in total. The summed E-state index contributed by atoms with van der Waals surface area (Å²) < 4.78 is 39.2. The van der Waals surface area contributed by atoms with Gasteiger partial charge in [0, 0.05) is 13.1 Å². The van der Waals surface area contributed by atoms with Gasteiger partial charge in [-0.2, -0.15) is 0 Å². The minimum atomic E-state index is -4.06. The molecule has 0 saturated carbocycles. The van der Waals surface area contributed by atoms with Gasteiger partial charge in [0.05, 0.1) is 19.9 Å². The number of benzene rings is 2. The summed E-state index contributed by atoms with van der Waals surface area (Å²) >= 11 is 0. The second-order valence-corrected chi connectivity index (χ2v) is 9.49. The summed E-state index contributed by atoms with van der Waals surface area (Å²) in [4.78, 5) is 14.9. The number of sulfonamides is 1. The van der Waals surface area contributed by atoms with Crippen LogP contribution in [0.4, 0.5) is 5.69 Å². The molecule has 1 fully saturated rings. The number of hydrogen-bond acceptors (Lipinski definition) is 5. The molecule has 8 heteroatoms. The Hall–Kier alpha value is -2.74. The predicted molar refractivity (Wildman–Crippen MR) is 120 cm³/mol. The molecule has 0 aromatic heterocycles. The standard InChI is InChI=1S/C23H30N2O5S/c1-18-8-13-21(30-3)22(16-18)31(27,28)25(19-9-11-20(29-2)12-10-19)17-23(26)24-14-6-4-5-7-15-24/h8-13,16H,4-7,14-15,17H2,1-3H3. The number of ether oxygens (including phenoxy) is 2. The third-order valence-corrected chi connectivity index (χ3v) is 7.28. The highest BCUT2D eigenvalue weighted by Gasteiger charge is 2.31. The zero-order chi connectivity index (χ0) is 22.4. The van der Waals surface area contributed by atoms with E-state index in [1.807, 2.05) is 6.92 Å². The highest BCUT2D eigenvalue weighted by molar-refractivity contribution is 7.93. The quantitative estimate of drug-likeness (QED) is 0.649. The van der Waals surface area contributed by atoms with E-state index in [2.05, 4.69) is 0 Å². The van der Waals surface area contributed by atoms with Crippen LogP contribution in [-0.2, 0) is 14.8 Å². The molecule has 0 aliphatic carbocycles. The fraction of sp³-hybridized carbons (Fsp3) is 0.435. The zero-order valence-electron chi connectivity index (χ0n) is 18.3. The van der Waals surface area contributed by atoms with E-state index in [0.29, 0.717) is 24.5 Å². The minimum Gasteiger partial charge on any atom is -0.497 e. The second kappa shape index (κ2) is 10.0. The second-order valence-electron chi connectivity index (χ2n) is 7.66. The molecule has 1 amide bonds. The van der Waals surface area contributed by atoms with Gasteiger partial charge >= 0.3 is 0 Å². The fourth-order valence-corrected chi connectivity index (χ4v) is 5.37. The molecule has 3 rings (SSSR count). The number of anilines is 1. The maximum Gasteiger partial charge on any atom is 0.268 e. The van der Waals surface area contributed by atoms with Crippen LogP contribution >= 0.6 is 0 Å². The Labute approximate surface area is 184 Å². The van der Waals surface area contributed by atoms with Crippen LogP contribution in [0, 0.1) is 6.92 Å². The van der Waals surface area contributed by atoms with E-state index < -0.39 is 10.0 Å². The van der Waals surface area contributed by atoms with Crippen LogP contribution in [0.5, 0.6) is 11.5 Å². The number of carbonyl (C=O) groups excluding carboxylic acids is 1. The van der Waals surface area contributed by atoms with Gasteiger partial charge in [0.25, 0.3) is 10.0 Å². The normalized spacial score (nSPS) is 14.6. The van der Waals surface area contributed by atoms with Gasteiger partial charge in [-0.3, -0.25) is 9.10 Å². The van der Waals surface area contributed by atoms with Gasteiger partial charge in [-0.15, -0.1) is 0 Å². The maximum absolute atomic E-state index is 13.7. The Balaban J connectivity index is 2.02. The number of carbonyl (C=O) groups is 1. The summed E-state index contributed by atoms with van der Waals surface area (Å²) in [7, 11) is -1.08. The smallest absolute Gasteiger partial charge is 0.268 e. The van der Waals surface area contributed by atoms with Crippen LogP contribution in [0.3, 0.4) is 0 Å². The lowest BCUT2D eigenvalue weighted by Gasteiger charge is -2.28. The largest absolute Gasteiger partial charge is 0.497 e. The first kappa shape index (κ1) is 22.9. The van der Waals surface area contributed by atoms with E-state index in [0.717, 1.165) is 35.6 Å². The van der Waals surface area contributed by atoms with Crippen molar-refractivity contribution in [3.8, 4) is 11.5 Å². The fourth-order valence-electron chi connectivity index (χ4n) is 3.71. The van der Waals surface area contributed by atoms with Crippen LogP contribution in [0.2, 0.25) is 0 Å². The van der Waals surface area contributed by atoms with Crippen molar-refractivity contribution in [1.29, 1.82) is 0 Å². The average Bonchev–Trinajstić information content (AvgIpc) is 3.07. The number of nitrogens with zero attached hydrogens (tertiary/aromatic N) is 2. The van der Waals surface area contributed by atoms with Gasteiger partial charge in [0.1, 0.15) is 22.9 Å². The van der Waals surface area contributed by atoms with Crippen molar-refractivity contribution in [3.05, 3.63) is 48.0 Å². The number of aryl methyl sites for hydroxylation is 1. The Morgan fingerprint density at radius 1 is 0.968 bits per heavy atom. The van der Waals surface area contributed by atoms with Crippen LogP contribution < -0.4 is 13.8 Å².